The van der Waals surface area contributed by atoms with E-state index in [-0.39, 0.29) is 24.2 Å². The van der Waals surface area contributed by atoms with E-state index in [0.29, 0.717) is 24.8 Å². The van der Waals surface area contributed by atoms with Crippen molar-refractivity contribution in [3.05, 3.63) is 0 Å². The fourth-order valence-electron chi connectivity index (χ4n) is 2.38. The van der Waals surface area contributed by atoms with Crippen molar-refractivity contribution in [1.82, 2.24) is 4.72 Å². The highest BCUT2D eigenvalue weighted by atomic mass is 35.5. The first-order chi connectivity index (χ1) is 7.94. The van der Waals surface area contributed by atoms with E-state index in [1.807, 2.05) is 13.8 Å². The third-order valence-corrected chi connectivity index (χ3v) is 4.95. The van der Waals surface area contributed by atoms with Gasteiger partial charge in [-0.05, 0) is 31.1 Å². The van der Waals surface area contributed by atoms with E-state index in [0.717, 1.165) is 12.8 Å². The van der Waals surface area contributed by atoms with Gasteiger partial charge in [-0.1, -0.05) is 26.7 Å². The van der Waals surface area contributed by atoms with E-state index >= 15 is 0 Å². The Kier molecular flexibility index (Phi) is 8.43. The molecule has 6 heteroatoms. The molecule has 0 amide bonds. The molecule has 0 saturated heterocycles. The first kappa shape index (κ1) is 18.2. The van der Waals surface area contributed by atoms with Crippen molar-refractivity contribution in [3.8, 4) is 0 Å². The van der Waals surface area contributed by atoms with Gasteiger partial charge in [0.05, 0.1) is 5.75 Å². The minimum atomic E-state index is -3.16. The summed E-state index contributed by atoms with van der Waals surface area (Å²) >= 11 is 0. The highest BCUT2D eigenvalue weighted by Crippen LogP contribution is 2.27. The van der Waals surface area contributed by atoms with Gasteiger partial charge in [-0.3, -0.25) is 0 Å². The van der Waals surface area contributed by atoms with Crippen molar-refractivity contribution < 1.29 is 8.42 Å². The molecular formula is C12H27ClN2O2S. The van der Waals surface area contributed by atoms with E-state index in [1.54, 1.807) is 0 Å². The van der Waals surface area contributed by atoms with Gasteiger partial charge in [-0.25, -0.2) is 13.1 Å². The van der Waals surface area contributed by atoms with E-state index in [2.05, 4.69) is 4.72 Å². The number of nitrogens with two attached hydrogens (primary N) is 1. The maximum absolute atomic E-state index is 11.9. The average molecular weight is 299 g/mol. The standard InChI is InChI=1S/C12H26N2O2S.ClH/c1-10(2)7-8-17(15,16)14-12(9-13)11-5-3-4-6-11;/h10-12,14H,3-9,13H2,1-2H3;1H. The Labute approximate surface area is 118 Å². The van der Waals surface area contributed by atoms with Gasteiger partial charge in [0.1, 0.15) is 0 Å². The number of sulfonamides is 1. The van der Waals surface area contributed by atoms with Crippen molar-refractivity contribution in [2.45, 2.75) is 52.0 Å². The highest BCUT2D eigenvalue weighted by molar-refractivity contribution is 7.89. The van der Waals surface area contributed by atoms with Crippen LogP contribution < -0.4 is 10.5 Å². The molecule has 0 bridgehead atoms. The Hall–Kier alpha value is 0.160. The lowest BCUT2D eigenvalue weighted by atomic mass is 9.99. The lowest BCUT2D eigenvalue weighted by molar-refractivity contribution is 0.405. The molecule has 1 saturated carbocycles. The Morgan fingerprint density at radius 2 is 1.83 bits per heavy atom. The fourth-order valence-corrected chi connectivity index (χ4v) is 4.03. The molecule has 1 rings (SSSR count). The molecule has 0 radical (unpaired) electrons. The molecule has 1 atom stereocenters. The van der Waals surface area contributed by atoms with Crippen LogP contribution in [0.4, 0.5) is 0 Å². The molecule has 1 fully saturated rings. The summed E-state index contributed by atoms with van der Waals surface area (Å²) in [6.07, 6.45) is 5.32. The third kappa shape index (κ3) is 6.36. The largest absolute Gasteiger partial charge is 0.329 e. The second kappa shape index (κ2) is 8.35. The monoisotopic (exact) mass is 298 g/mol. The molecule has 1 aliphatic rings. The van der Waals surface area contributed by atoms with Crippen LogP contribution in [-0.4, -0.2) is 26.8 Å². The van der Waals surface area contributed by atoms with Gasteiger partial charge in [0.25, 0.3) is 0 Å². The molecule has 3 N–H and O–H groups in total. The van der Waals surface area contributed by atoms with Crippen LogP contribution in [0.5, 0.6) is 0 Å². The Morgan fingerprint density at radius 1 is 1.28 bits per heavy atom. The zero-order valence-corrected chi connectivity index (χ0v) is 13.0. The SMILES string of the molecule is CC(C)CCS(=O)(=O)NC(CN)C1CCCC1.Cl. The van der Waals surface area contributed by atoms with Crippen molar-refractivity contribution in [1.29, 1.82) is 0 Å². The molecule has 0 aliphatic heterocycles. The molecule has 0 aromatic rings. The van der Waals surface area contributed by atoms with Crippen LogP contribution in [0.15, 0.2) is 0 Å². The zero-order valence-electron chi connectivity index (χ0n) is 11.4. The summed E-state index contributed by atoms with van der Waals surface area (Å²) in [7, 11) is -3.16. The summed E-state index contributed by atoms with van der Waals surface area (Å²) in [6, 6.07) is -0.0605. The van der Waals surface area contributed by atoms with Gasteiger partial charge in [-0.15, -0.1) is 12.4 Å². The number of nitrogens with one attached hydrogen (secondary N) is 1. The third-order valence-electron chi connectivity index (χ3n) is 3.52. The fraction of sp³-hybridized carbons (Fsp3) is 1.00. The molecule has 1 unspecified atom stereocenters. The van der Waals surface area contributed by atoms with Crippen LogP contribution in [0.3, 0.4) is 0 Å². The second-order valence-corrected chi connectivity index (χ2v) is 7.38. The number of hydrogen-bond donors (Lipinski definition) is 2. The molecule has 110 valence electrons. The van der Waals surface area contributed by atoms with Crippen LogP contribution in [-0.2, 0) is 10.0 Å². The van der Waals surface area contributed by atoms with E-state index in [4.69, 9.17) is 5.73 Å². The molecule has 1 aliphatic carbocycles. The Bertz CT molecular complexity index is 314. The molecule has 0 aromatic heterocycles. The predicted molar refractivity (Wildman–Crippen MR) is 78.4 cm³/mol. The van der Waals surface area contributed by atoms with Crippen LogP contribution >= 0.6 is 12.4 Å². The summed E-state index contributed by atoms with van der Waals surface area (Å²) in [5, 5.41) is 0. The summed E-state index contributed by atoms with van der Waals surface area (Å²) in [4.78, 5) is 0. The molecular weight excluding hydrogens is 272 g/mol. The molecule has 0 heterocycles. The maximum Gasteiger partial charge on any atom is 0.211 e. The van der Waals surface area contributed by atoms with Gasteiger partial charge in [0, 0.05) is 12.6 Å². The summed E-state index contributed by atoms with van der Waals surface area (Å²) in [5.74, 6) is 1.07. The van der Waals surface area contributed by atoms with E-state index < -0.39 is 10.0 Å². The number of halogens is 1. The van der Waals surface area contributed by atoms with Crippen molar-refractivity contribution in [3.63, 3.8) is 0 Å². The van der Waals surface area contributed by atoms with E-state index in [9.17, 15) is 8.42 Å². The zero-order chi connectivity index (χ0) is 12.9. The van der Waals surface area contributed by atoms with Gasteiger partial charge in [0.15, 0.2) is 0 Å². The topological polar surface area (TPSA) is 72.2 Å². The molecule has 18 heavy (non-hydrogen) atoms. The normalized spacial score (nSPS) is 18.9. The lowest BCUT2D eigenvalue weighted by Crippen LogP contribution is -2.45. The van der Waals surface area contributed by atoms with Gasteiger partial charge < -0.3 is 5.73 Å². The second-order valence-electron chi connectivity index (χ2n) is 5.51. The highest BCUT2D eigenvalue weighted by Gasteiger charge is 2.27. The lowest BCUT2D eigenvalue weighted by Gasteiger charge is -2.23. The van der Waals surface area contributed by atoms with Crippen LogP contribution in [0, 0.1) is 11.8 Å². The van der Waals surface area contributed by atoms with Crippen molar-refractivity contribution in [2.24, 2.45) is 17.6 Å². The van der Waals surface area contributed by atoms with Crippen LogP contribution in [0.25, 0.3) is 0 Å². The van der Waals surface area contributed by atoms with Gasteiger partial charge >= 0.3 is 0 Å². The Balaban J connectivity index is 0.00000289. The molecule has 0 aromatic carbocycles. The Morgan fingerprint density at radius 3 is 2.28 bits per heavy atom. The first-order valence-electron chi connectivity index (χ1n) is 6.64. The van der Waals surface area contributed by atoms with Crippen molar-refractivity contribution in [2.75, 3.05) is 12.3 Å². The minimum Gasteiger partial charge on any atom is -0.329 e. The van der Waals surface area contributed by atoms with Crippen molar-refractivity contribution >= 4 is 22.4 Å². The summed E-state index contributed by atoms with van der Waals surface area (Å²) < 4.78 is 26.6. The predicted octanol–water partition coefficient (Wildman–Crippen LogP) is 1.89. The van der Waals surface area contributed by atoms with Gasteiger partial charge in [-0.2, -0.15) is 0 Å². The maximum atomic E-state index is 11.9. The van der Waals surface area contributed by atoms with E-state index in [1.165, 1.54) is 12.8 Å². The molecule has 0 spiro atoms. The van der Waals surface area contributed by atoms with Gasteiger partial charge in [0.2, 0.25) is 10.0 Å². The molecule has 4 nitrogen and oxygen atoms in total. The average Bonchev–Trinajstić information content (AvgIpc) is 2.77. The van der Waals surface area contributed by atoms with Crippen LogP contribution in [0.2, 0.25) is 0 Å². The minimum absolute atomic E-state index is 0. The van der Waals surface area contributed by atoms with Crippen LogP contribution in [0.1, 0.15) is 46.0 Å². The summed E-state index contributed by atoms with van der Waals surface area (Å²) in [6.45, 7) is 4.48. The number of hydrogen-bond acceptors (Lipinski definition) is 3. The quantitative estimate of drug-likeness (QED) is 0.754. The summed E-state index contributed by atoms with van der Waals surface area (Å²) in [5.41, 5.74) is 5.69. The smallest absolute Gasteiger partial charge is 0.211 e. The number of rotatable bonds is 7. The first-order valence-corrected chi connectivity index (χ1v) is 8.30.